The molecule has 38 heavy (non-hydrogen) atoms. The molecule has 1 aliphatic heterocycles. The standard InChI is InChI=1S/C29H28N6O3/c1-3-26(36)31-23-8-4-6-20(18-23)25-9-5-7-21-19-30-28(33-27(21)25)32-22-10-12-24(13-11-22)34-14-16-35(17-15-34)29(37)38-2/h3-13,18-19H,1,14-17H2,2H3,(H,31,36)(H,30,32,33). The van der Waals surface area contributed by atoms with Crippen LogP contribution < -0.4 is 15.5 Å². The predicted molar refractivity (Wildman–Crippen MR) is 150 cm³/mol. The lowest BCUT2D eigenvalue weighted by molar-refractivity contribution is -0.111. The van der Waals surface area contributed by atoms with Gasteiger partial charge in [-0.1, -0.05) is 36.9 Å². The smallest absolute Gasteiger partial charge is 0.409 e. The summed E-state index contributed by atoms with van der Waals surface area (Å²) in [5.74, 6) is 0.226. The van der Waals surface area contributed by atoms with Gasteiger partial charge in [0.1, 0.15) is 0 Å². The Balaban J connectivity index is 1.33. The summed E-state index contributed by atoms with van der Waals surface area (Å²) in [5, 5.41) is 7.02. The van der Waals surface area contributed by atoms with E-state index >= 15 is 0 Å². The van der Waals surface area contributed by atoms with Gasteiger partial charge in [-0.05, 0) is 48.0 Å². The first-order chi connectivity index (χ1) is 18.5. The summed E-state index contributed by atoms with van der Waals surface area (Å²) < 4.78 is 4.82. The van der Waals surface area contributed by atoms with Gasteiger partial charge in [0.05, 0.1) is 12.6 Å². The van der Waals surface area contributed by atoms with Crippen LogP contribution >= 0.6 is 0 Å². The Bertz CT molecular complexity index is 1480. The molecule has 2 amide bonds. The maximum atomic E-state index is 11.7. The van der Waals surface area contributed by atoms with Gasteiger partial charge in [0, 0.05) is 60.4 Å². The Labute approximate surface area is 220 Å². The number of piperazine rings is 1. The Morgan fingerprint density at radius 3 is 2.47 bits per heavy atom. The van der Waals surface area contributed by atoms with Crippen LogP contribution in [0.15, 0.2) is 85.6 Å². The fourth-order valence-corrected chi connectivity index (χ4v) is 4.47. The van der Waals surface area contributed by atoms with Crippen molar-refractivity contribution >= 4 is 45.9 Å². The average molecular weight is 509 g/mol. The first kappa shape index (κ1) is 24.8. The van der Waals surface area contributed by atoms with Gasteiger partial charge in [-0.2, -0.15) is 0 Å². The third-order valence-corrected chi connectivity index (χ3v) is 6.44. The lowest BCUT2D eigenvalue weighted by Gasteiger charge is -2.35. The van der Waals surface area contributed by atoms with E-state index in [1.54, 1.807) is 11.1 Å². The number of anilines is 4. The minimum atomic E-state index is -0.282. The highest BCUT2D eigenvalue weighted by atomic mass is 16.5. The summed E-state index contributed by atoms with van der Waals surface area (Å²) in [5.41, 5.74) is 5.31. The molecular weight excluding hydrogens is 480 g/mol. The number of aromatic nitrogens is 2. The molecule has 0 saturated carbocycles. The number of carbonyl (C=O) groups is 2. The van der Waals surface area contributed by atoms with Crippen LogP contribution in [0.3, 0.4) is 0 Å². The van der Waals surface area contributed by atoms with Crippen molar-refractivity contribution in [3.63, 3.8) is 0 Å². The summed E-state index contributed by atoms with van der Waals surface area (Å²) in [4.78, 5) is 36.7. The molecule has 4 aromatic rings. The van der Waals surface area contributed by atoms with Crippen LogP contribution in [0, 0.1) is 0 Å². The lowest BCUT2D eigenvalue weighted by Crippen LogP contribution is -2.48. The van der Waals surface area contributed by atoms with Crippen molar-refractivity contribution in [1.82, 2.24) is 14.9 Å². The molecule has 192 valence electrons. The molecule has 0 atom stereocenters. The van der Waals surface area contributed by atoms with E-state index in [1.807, 2.05) is 66.7 Å². The zero-order valence-electron chi connectivity index (χ0n) is 21.1. The predicted octanol–water partition coefficient (Wildman–Crippen LogP) is 5.05. The molecule has 0 bridgehead atoms. The molecule has 1 saturated heterocycles. The average Bonchev–Trinajstić information content (AvgIpc) is 2.97. The maximum Gasteiger partial charge on any atom is 0.409 e. The minimum absolute atomic E-state index is 0.261. The number of fused-ring (bicyclic) bond motifs is 1. The van der Waals surface area contributed by atoms with Gasteiger partial charge in [-0.25, -0.2) is 14.8 Å². The number of ether oxygens (including phenoxy) is 1. The quantitative estimate of drug-likeness (QED) is 0.352. The van der Waals surface area contributed by atoms with Gasteiger partial charge in [-0.3, -0.25) is 4.79 Å². The van der Waals surface area contributed by atoms with Crippen molar-refractivity contribution in [2.75, 3.05) is 48.8 Å². The molecule has 1 aromatic heterocycles. The largest absolute Gasteiger partial charge is 0.453 e. The molecular formula is C29H28N6O3. The number of para-hydroxylation sites is 1. The van der Waals surface area contributed by atoms with Crippen molar-refractivity contribution in [2.24, 2.45) is 0 Å². The Hall–Kier alpha value is -4.92. The number of nitrogens with one attached hydrogen (secondary N) is 2. The van der Waals surface area contributed by atoms with Crippen LogP contribution in [0.1, 0.15) is 0 Å². The fourth-order valence-electron chi connectivity index (χ4n) is 4.47. The van der Waals surface area contributed by atoms with E-state index in [4.69, 9.17) is 9.72 Å². The highest BCUT2D eigenvalue weighted by Gasteiger charge is 2.21. The number of hydrogen-bond acceptors (Lipinski definition) is 7. The van der Waals surface area contributed by atoms with Gasteiger partial charge in [0.15, 0.2) is 0 Å². The van der Waals surface area contributed by atoms with Gasteiger partial charge < -0.3 is 25.2 Å². The molecule has 0 unspecified atom stereocenters. The summed E-state index contributed by atoms with van der Waals surface area (Å²) in [6, 6.07) is 21.6. The molecule has 0 spiro atoms. The molecule has 3 aromatic carbocycles. The molecule has 2 N–H and O–H groups in total. The second-order valence-electron chi connectivity index (χ2n) is 8.83. The Morgan fingerprint density at radius 2 is 1.74 bits per heavy atom. The fraction of sp³-hybridized carbons (Fsp3) is 0.172. The molecule has 1 aliphatic rings. The SMILES string of the molecule is C=CC(=O)Nc1cccc(-c2cccc3cnc(Nc4ccc(N5CCN(C(=O)OC)CC5)cc4)nc23)c1. The summed E-state index contributed by atoms with van der Waals surface area (Å²) >= 11 is 0. The summed E-state index contributed by atoms with van der Waals surface area (Å²) in [6.45, 7) is 6.26. The number of carbonyl (C=O) groups excluding carboxylic acids is 2. The van der Waals surface area contributed by atoms with Crippen LogP contribution in [0.25, 0.3) is 22.0 Å². The third kappa shape index (κ3) is 5.41. The van der Waals surface area contributed by atoms with Crippen molar-refractivity contribution in [2.45, 2.75) is 0 Å². The van der Waals surface area contributed by atoms with Crippen molar-refractivity contribution in [3.8, 4) is 11.1 Å². The number of benzene rings is 3. The van der Waals surface area contributed by atoms with Gasteiger partial charge in [-0.15, -0.1) is 0 Å². The molecule has 2 heterocycles. The summed E-state index contributed by atoms with van der Waals surface area (Å²) in [6.07, 6.45) is 2.76. The van der Waals surface area contributed by atoms with Crippen LogP contribution in [0.4, 0.5) is 27.8 Å². The molecule has 0 aliphatic carbocycles. The van der Waals surface area contributed by atoms with E-state index in [0.29, 0.717) is 24.7 Å². The first-order valence-corrected chi connectivity index (χ1v) is 12.3. The van der Waals surface area contributed by atoms with Crippen LogP contribution in [0.5, 0.6) is 0 Å². The van der Waals surface area contributed by atoms with Crippen molar-refractivity contribution in [3.05, 3.63) is 85.6 Å². The zero-order valence-corrected chi connectivity index (χ0v) is 21.1. The maximum absolute atomic E-state index is 11.7. The van der Waals surface area contributed by atoms with E-state index in [9.17, 15) is 9.59 Å². The minimum Gasteiger partial charge on any atom is -0.453 e. The monoisotopic (exact) mass is 508 g/mol. The number of nitrogens with zero attached hydrogens (tertiary/aromatic N) is 4. The Kier molecular flexibility index (Phi) is 7.17. The van der Waals surface area contributed by atoms with Crippen molar-refractivity contribution < 1.29 is 14.3 Å². The molecule has 9 heteroatoms. The third-order valence-electron chi connectivity index (χ3n) is 6.44. The van der Waals surface area contributed by atoms with E-state index in [1.165, 1.54) is 13.2 Å². The highest BCUT2D eigenvalue weighted by molar-refractivity contribution is 6.00. The topological polar surface area (TPSA) is 99.7 Å². The van der Waals surface area contributed by atoms with Gasteiger partial charge >= 0.3 is 6.09 Å². The lowest BCUT2D eigenvalue weighted by atomic mass is 10.0. The number of rotatable bonds is 6. The van der Waals surface area contributed by atoms with Crippen LogP contribution in [0.2, 0.25) is 0 Å². The van der Waals surface area contributed by atoms with E-state index in [0.717, 1.165) is 46.5 Å². The van der Waals surface area contributed by atoms with E-state index < -0.39 is 0 Å². The van der Waals surface area contributed by atoms with Gasteiger partial charge in [0.2, 0.25) is 11.9 Å². The second kappa shape index (κ2) is 11.0. The number of methoxy groups -OCH3 is 1. The normalized spacial score (nSPS) is 13.2. The first-order valence-electron chi connectivity index (χ1n) is 12.3. The molecule has 5 rings (SSSR count). The van der Waals surface area contributed by atoms with Crippen molar-refractivity contribution in [1.29, 1.82) is 0 Å². The molecule has 1 fully saturated rings. The van der Waals surface area contributed by atoms with Crippen LogP contribution in [-0.2, 0) is 9.53 Å². The van der Waals surface area contributed by atoms with Gasteiger partial charge in [0.25, 0.3) is 0 Å². The number of amides is 2. The zero-order chi connectivity index (χ0) is 26.5. The molecule has 0 radical (unpaired) electrons. The Morgan fingerprint density at radius 1 is 0.974 bits per heavy atom. The summed E-state index contributed by atoms with van der Waals surface area (Å²) in [7, 11) is 1.41. The van der Waals surface area contributed by atoms with E-state index in [2.05, 4.69) is 27.1 Å². The number of hydrogen-bond donors (Lipinski definition) is 2. The van der Waals surface area contributed by atoms with Crippen LogP contribution in [-0.4, -0.2) is 60.2 Å². The highest BCUT2D eigenvalue weighted by Crippen LogP contribution is 2.30. The second-order valence-corrected chi connectivity index (χ2v) is 8.83. The molecule has 9 nitrogen and oxygen atoms in total. The van der Waals surface area contributed by atoms with E-state index in [-0.39, 0.29) is 12.0 Å².